The Bertz CT molecular complexity index is 495. The number of hydrogen-bond donors (Lipinski definition) is 1. The third-order valence-corrected chi connectivity index (χ3v) is 5.52. The van der Waals surface area contributed by atoms with E-state index in [1.165, 1.54) is 12.1 Å². The zero-order valence-corrected chi connectivity index (χ0v) is 12.9. The van der Waals surface area contributed by atoms with E-state index in [-0.39, 0.29) is 32.7 Å². The van der Waals surface area contributed by atoms with Crippen molar-refractivity contribution in [2.75, 3.05) is 12.8 Å². The van der Waals surface area contributed by atoms with Crippen LogP contribution < -0.4 is 5.32 Å². The van der Waals surface area contributed by atoms with Crippen LogP contribution in [0.1, 0.15) is 13.8 Å². The summed E-state index contributed by atoms with van der Waals surface area (Å²) in [5.41, 5.74) is 0. The van der Waals surface area contributed by atoms with Gasteiger partial charge in [0.05, 0.1) is 15.8 Å². The molecule has 0 saturated heterocycles. The smallest absolute Gasteiger partial charge is 0.182 e. The predicted octanol–water partition coefficient (Wildman–Crippen LogP) is 3.01. The fourth-order valence-corrected chi connectivity index (χ4v) is 4.73. The van der Waals surface area contributed by atoms with Crippen molar-refractivity contribution in [2.24, 2.45) is 5.92 Å². The molecule has 1 aromatic rings. The van der Waals surface area contributed by atoms with E-state index in [1.807, 2.05) is 13.8 Å². The van der Waals surface area contributed by atoms with Crippen molar-refractivity contribution < 1.29 is 8.42 Å². The van der Waals surface area contributed by atoms with Gasteiger partial charge < -0.3 is 5.32 Å². The van der Waals surface area contributed by atoms with Crippen molar-refractivity contribution >= 4 is 33.0 Å². The van der Waals surface area contributed by atoms with E-state index >= 15 is 0 Å². The molecule has 0 amide bonds. The van der Waals surface area contributed by atoms with Crippen LogP contribution in [0.3, 0.4) is 0 Å². The Kier molecular flexibility index (Phi) is 5.46. The molecule has 1 unspecified atom stereocenters. The number of hydrogen-bond acceptors (Lipinski definition) is 3. The molecule has 0 spiro atoms. The van der Waals surface area contributed by atoms with Gasteiger partial charge in [-0.1, -0.05) is 43.1 Å². The first kappa shape index (κ1) is 15.8. The fourth-order valence-electron chi connectivity index (χ4n) is 1.71. The number of rotatable bonds is 5. The number of sulfone groups is 1. The predicted molar refractivity (Wildman–Crippen MR) is 76.2 cm³/mol. The normalized spacial score (nSPS) is 13.9. The molecule has 1 N–H and O–H groups in total. The molecule has 0 aliphatic rings. The highest BCUT2D eigenvalue weighted by molar-refractivity contribution is 7.91. The summed E-state index contributed by atoms with van der Waals surface area (Å²) in [5, 5.41) is 3.34. The third kappa shape index (κ3) is 3.60. The maximum absolute atomic E-state index is 12.3. The summed E-state index contributed by atoms with van der Waals surface area (Å²) in [4.78, 5) is 0.0224. The van der Waals surface area contributed by atoms with Crippen molar-refractivity contribution in [3.05, 3.63) is 28.2 Å². The second-order valence-electron chi connectivity index (χ2n) is 4.47. The van der Waals surface area contributed by atoms with Gasteiger partial charge in [-0.25, -0.2) is 8.42 Å². The van der Waals surface area contributed by atoms with Crippen LogP contribution in [-0.4, -0.2) is 27.3 Å². The summed E-state index contributed by atoms with van der Waals surface area (Å²) in [5.74, 6) is 0.177. The third-order valence-electron chi connectivity index (χ3n) is 2.80. The standard InChI is InChI=1S/C12H17Cl2NO2S/c1-8(2)11(15-3)7-18(16,17)12-9(13)5-4-6-10(12)14/h4-6,8,11,15H,7H2,1-3H3. The molecular formula is C12H17Cl2NO2S. The lowest BCUT2D eigenvalue weighted by atomic mass is 10.1. The fraction of sp³-hybridized carbons (Fsp3) is 0.500. The van der Waals surface area contributed by atoms with Gasteiger partial charge in [0.25, 0.3) is 0 Å². The second-order valence-corrected chi connectivity index (χ2v) is 7.26. The van der Waals surface area contributed by atoms with Crippen molar-refractivity contribution in [1.82, 2.24) is 5.32 Å². The SMILES string of the molecule is CNC(CS(=O)(=O)c1c(Cl)cccc1Cl)C(C)C. The summed E-state index contributed by atoms with van der Waals surface area (Å²) < 4.78 is 24.7. The maximum Gasteiger partial charge on any atom is 0.182 e. The van der Waals surface area contributed by atoms with Gasteiger partial charge in [-0.2, -0.15) is 0 Å². The van der Waals surface area contributed by atoms with Gasteiger partial charge in [0, 0.05) is 6.04 Å². The Labute approximate surface area is 118 Å². The minimum atomic E-state index is -3.50. The Morgan fingerprint density at radius 1 is 1.22 bits per heavy atom. The van der Waals surface area contributed by atoms with Gasteiger partial charge in [0.2, 0.25) is 0 Å². The highest BCUT2D eigenvalue weighted by atomic mass is 35.5. The monoisotopic (exact) mass is 309 g/mol. The number of benzene rings is 1. The summed E-state index contributed by atoms with van der Waals surface area (Å²) in [6.45, 7) is 3.93. The van der Waals surface area contributed by atoms with Crippen LogP contribution in [-0.2, 0) is 9.84 Å². The van der Waals surface area contributed by atoms with Crippen molar-refractivity contribution in [1.29, 1.82) is 0 Å². The lowest BCUT2D eigenvalue weighted by molar-refractivity contribution is 0.455. The molecule has 0 bridgehead atoms. The summed E-state index contributed by atoms with van der Waals surface area (Å²) in [6, 6.07) is 4.55. The molecule has 0 heterocycles. The average Bonchev–Trinajstić information content (AvgIpc) is 2.25. The van der Waals surface area contributed by atoms with E-state index < -0.39 is 9.84 Å². The summed E-state index contributed by atoms with van der Waals surface area (Å²) >= 11 is 11.9. The molecule has 0 radical (unpaired) electrons. The quantitative estimate of drug-likeness (QED) is 0.909. The van der Waals surface area contributed by atoms with E-state index in [2.05, 4.69) is 5.32 Å². The highest BCUT2D eigenvalue weighted by Gasteiger charge is 2.26. The van der Waals surface area contributed by atoms with Gasteiger partial charge in [0.15, 0.2) is 9.84 Å². The Balaban J connectivity index is 3.15. The molecule has 102 valence electrons. The van der Waals surface area contributed by atoms with Crippen LogP contribution in [0.25, 0.3) is 0 Å². The molecule has 0 aromatic heterocycles. The first-order valence-electron chi connectivity index (χ1n) is 5.63. The largest absolute Gasteiger partial charge is 0.316 e. The zero-order valence-electron chi connectivity index (χ0n) is 10.6. The first-order chi connectivity index (χ1) is 8.29. The van der Waals surface area contributed by atoms with E-state index in [9.17, 15) is 8.42 Å². The van der Waals surface area contributed by atoms with E-state index in [4.69, 9.17) is 23.2 Å². The first-order valence-corrected chi connectivity index (χ1v) is 8.04. The zero-order chi connectivity index (χ0) is 13.9. The lowest BCUT2D eigenvalue weighted by Gasteiger charge is -2.20. The van der Waals surface area contributed by atoms with Gasteiger partial charge >= 0.3 is 0 Å². The summed E-state index contributed by atoms with van der Waals surface area (Å²) in [7, 11) is -1.76. The van der Waals surface area contributed by atoms with E-state index in [0.717, 1.165) is 0 Å². The maximum atomic E-state index is 12.3. The topological polar surface area (TPSA) is 46.2 Å². The second kappa shape index (κ2) is 6.24. The van der Waals surface area contributed by atoms with Crippen LogP contribution in [0.4, 0.5) is 0 Å². The van der Waals surface area contributed by atoms with Crippen molar-refractivity contribution in [3.63, 3.8) is 0 Å². The van der Waals surface area contributed by atoms with Crippen LogP contribution in [0.5, 0.6) is 0 Å². The van der Waals surface area contributed by atoms with Crippen molar-refractivity contribution in [3.8, 4) is 0 Å². The average molecular weight is 310 g/mol. The minimum Gasteiger partial charge on any atom is -0.316 e. The summed E-state index contributed by atoms with van der Waals surface area (Å²) in [6.07, 6.45) is 0. The highest BCUT2D eigenvalue weighted by Crippen LogP contribution is 2.30. The molecule has 0 fully saturated rings. The van der Waals surface area contributed by atoms with E-state index in [0.29, 0.717) is 0 Å². The molecule has 1 rings (SSSR count). The molecule has 3 nitrogen and oxygen atoms in total. The number of halogens is 2. The molecule has 18 heavy (non-hydrogen) atoms. The van der Waals surface area contributed by atoms with Gasteiger partial charge in [0.1, 0.15) is 4.90 Å². The van der Waals surface area contributed by atoms with Gasteiger partial charge in [-0.15, -0.1) is 0 Å². The van der Waals surface area contributed by atoms with Crippen LogP contribution in [0.15, 0.2) is 23.1 Å². The van der Waals surface area contributed by atoms with Crippen molar-refractivity contribution in [2.45, 2.75) is 24.8 Å². The molecule has 0 saturated carbocycles. The molecular weight excluding hydrogens is 293 g/mol. The number of nitrogens with one attached hydrogen (secondary N) is 1. The minimum absolute atomic E-state index is 0.0224. The lowest BCUT2D eigenvalue weighted by Crippen LogP contribution is -2.37. The van der Waals surface area contributed by atoms with Gasteiger partial charge in [-0.05, 0) is 25.1 Å². The molecule has 0 aliphatic carbocycles. The van der Waals surface area contributed by atoms with E-state index in [1.54, 1.807) is 13.1 Å². The van der Waals surface area contributed by atoms with Gasteiger partial charge in [-0.3, -0.25) is 0 Å². The van der Waals surface area contributed by atoms with Crippen LogP contribution in [0, 0.1) is 5.92 Å². The van der Waals surface area contributed by atoms with Crippen LogP contribution in [0.2, 0.25) is 10.0 Å². The Hall–Kier alpha value is -0.290. The molecule has 6 heteroatoms. The molecule has 1 aromatic carbocycles. The Morgan fingerprint density at radius 2 is 1.72 bits per heavy atom. The van der Waals surface area contributed by atoms with Crippen LogP contribution >= 0.6 is 23.2 Å². The molecule has 1 atom stereocenters. The Morgan fingerprint density at radius 3 is 2.11 bits per heavy atom. The molecule has 0 aliphatic heterocycles.